The Labute approximate surface area is 123 Å². The number of nitro benzene ring substituents is 1. The molecule has 2 rings (SSSR count). The summed E-state index contributed by atoms with van der Waals surface area (Å²) in [6.45, 7) is 0. The molecule has 5 atom stereocenters. The maximum atomic E-state index is 10.8. The number of benzene rings is 1. The number of ether oxygens (including phenoxy) is 2. The van der Waals surface area contributed by atoms with Crippen LogP contribution in [0.5, 0.6) is 5.75 Å². The van der Waals surface area contributed by atoms with Crippen LogP contribution in [-0.2, 0) is 9.53 Å². The van der Waals surface area contributed by atoms with E-state index in [0.717, 1.165) is 12.1 Å². The van der Waals surface area contributed by atoms with E-state index in [0.29, 0.717) is 0 Å². The van der Waals surface area contributed by atoms with Crippen molar-refractivity contribution in [3.05, 3.63) is 34.4 Å². The third kappa shape index (κ3) is 3.14. The van der Waals surface area contributed by atoms with E-state index in [1.807, 2.05) is 0 Å². The lowest BCUT2D eigenvalue weighted by Gasteiger charge is -2.40. The van der Waals surface area contributed by atoms with Crippen molar-refractivity contribution in [1.29, 1.82) is 0 Å². The molecule has 0 spiro atoms. The molecule has 22 heavy (non-hydrogen) atoms. The summed E-state index contributed by atoms with van der Waals surface area (Å²) in [5.41, 5.74) is -0.194. The van der Waals surface area contributed by atoms with Crippen LogP contribution in [0.4, 0.5) is 5.69 Å². The predicted molar refractivity (Wildman–Crippen MR) is 65.4 cm³/mol. The molecule has 0 aromatic heterocycles. The monoisotopic (exact) mass is 314 g/mol. The first-order chi connectivity index (χ1) is 10.3. The second kappa shape index (κ2) is 6.23. The number of carboxylic acid groups (broad SMARTS) is 1. The summed E-state index contributed by atoms with van der Waals surface area (Å²) in [5, 5.41) is 50.1. The molecule has 0 saturated carbocycles. The van der Waals surface area contributed by atoms with Gasteiger partial charge in [0.25, 0.3) is 5.69 Å². The molecule has 1 heterocycles. The zero-order valence-electron chi connectivity index (χ0n) is 10.9. The molecule has 1 aromatic carbocycles. The minimum atomic E-state index is -1.89. The number of nitro groups is 1. The minimum Gasteiger partial charge on any atom is -0.547 e. The Balaban J connectivity index is 2.13. The van der Waals surface area contributed by atoms with Crippen LogP contribution in [0.15, 0.2) is 24.3 Å². The van der Waals surface area contributed by atoms with Crippen LogP contribution in [-0.4, -0.2) is 56.9 Å². The Kier molecular flexibility index (Phi) is 4.56. The maximum Gasteiger partial charge on any atom is 0.269 e. The normalized spacial score (nSPS) is 31.5. The van der Waals surface area contributed by atoms with Gasteiger partial charge in [0.05, 0.1) is 10.9 Å². The molecule has 1 saturated heterocycles. The second-order valence-corrected chi connectivity index (χ2v) is 4.58. The number of carbonyl (C=O) groups excluding carboxylic acids is 1. The number of nitrogens with zero attached hydrogens (tertiary/aromatic N) is 1. The average Bonchev–Trinajstić information content (AvgIpc) is 2.48. The third-order valence-corrected chi connectivity index (χ3v) is 3.10. The highest BCUT2D eigenvalue weighted by Gasteiger charge is 2.45. The molecule has 120 valence electrons. The van der Waals surface area contributed by atoms with Crippen LogP contribution in [0.25, 0.3) is 0 Å². The van der Waals surface area contributed by atoms with E-state index in [2.05, 4.69) is 0 Å². The highest BCUT2D eigenvalue weighted by atomic mass is 16.7. The van der Waals surface area contributed by atoms with E-state index in [-0.39, 0.29) is 11.4 Å². The minimum absolute atomic E-state index is 0.0373. The van der Waals surface area contributed by atoms with Crippen LogP contribution >= 0.6 is 0 Å². The lowest BCUT2D eigenvalue weighted by molar-refractivity contribution is -0.384. The van der Waals surface area contributed by atoms with Gasteiger partial charge in [-0.3, -0.25) is 10.1 Å². The Bertz CT molecular complexity index is 560. The van der Waals surface area contributed by atoms with Crippen molar-refractivity contribution in [2.75, 3.05) is 0 Å². The molecule has 3 N–H and O–H groups in total. The van der Waals surface area contributed by atoms with Crippen molar-refractivity contribution in [2.45, 2.75) is 30.7 Å². The van der Waals surface area contributed by atoms with E-state index >= 15 is 0 Å². The fraction of sp³-hybridized carbons (Fsp3) is 0.417. The van der Waals surface area contributed by atoms with Gasteiger partial charge in [-0.15, -0.1) is 0 Å². The molecule has 1 fully saturated rings. The first kappa shape index (κ1) is 16.1. The number of non-ortho nitro benzene ring substituents is 1. The molecule has 0 bridgehead atoms. The van der Waals surface area contributed by atoms with Gasteiger partial charge >= 0.3 is 0 Å². The topological polar surface area (TPSA) is 162 Å². The summed E-state index contributed by atoms with van der Waals surface area (Å²) in [4.78, 5) is 20.7. The van der Waals surface area contributed by atoms with E-state index in [1.165, 1.54) is 12.1 Å². The van der Waals surface area contributed by atoms with Gasteiger partial charge in [-0.1, -0.05) is 0 Å². The number of carboxylic acids is 1. The first-order valence-electron chi connectivity index (χ1n) is 6.13. The maximum absolute atomic E-state index is 10.8. The van der Waals surface area contributed by atoms with Gasteiger partial charge in [-0.2, -0.15) is 0 Å². The standard InChI is InChI=1S/C12H13NO9/c14-7-8(15)10(11(17)18)22-12(9(7)16)21-6-3-1-5(2-4-6)13(19)20/h1-4,7-10,12,14-16H,(H,17,18)/p-1/t7-,8+,9-,10-,12-/m1/s1. The highest BCUT2D eigenvalue weighted by Crippen LogP contribution is 2.25. The Morgan fingerprint density at radius 2 is 1.73 bits per heavy atom. The first-order valence-corrected chi connectivity index (χ1v) is 6.13. The molecule has 0 unspecified atom stereocenters. The summed E-state index contributed by atoms with van der Waals surface area (Å²) in [7, 11) is 0. The lowest BCUT2D eigenvalue weighted by Crippen LogP contribution is -2.63. The molecule has 0 aliphatic carbocycles. The Morgan fingerprint density at radius 1 is 1.14 bits per heavy atom. The van der Waals surface area contributed by atoms with E-state index < -0.39 is 41.6 Å². The Morgan fingerprint density at radius 3 is 2.23 bits per heavy atom. The van der Waals surface area contributed by atoms with E-state index in [4.69, 9.17) is 9.47 Å². The molecular formula is C12H12NO9-. The predicted octanol–water partition coefficient (Wildman–Crippen LogP) is -2.47. The molecule has 1 aliphatic heterocycles. The van der Waals surface area contributed by atoms with Gasteiger partial charge in [0.1, 0.15) is 30.2 Å². The van der Waals surface area contributed by atoms with Gasteiger partial charge in [-0.25, -0.2) is 0 Å². The summed E-state index contributed by atoms with van der Waals surface area (Å²) in [5.74, 6) is -1.74. The van der Waals surface area contributed by atoms with Crippen LogP contribution in [0.2, 0.25) is 0 Å². The summed E-state index contributed by atoms with van der Waals surface area (Å²) >= 11 is 0. The number of carbonyl (C=O) groups is 1. The van der Waals surface area contributed by atoms with Crippen molar-refractivity contribution in [3.63, 3.8) is 0 Å². The highest BCUT2D eigenvalue weighted by molar-refractivity contribution is 5.71. The number of rotatable bonds is 4. The Hall–Kier alpha value is -2.27. The van der Waals surface area contributed by atoms with Crippen molar-refractivity contribution >= 4 is 11.7 Å². The van der Waals surface area contributed by atoms with Gasteiger partial charge in [-0.05, 0) is 12.1 Å². The number of hydrogen-bond donors (Lipinski definition) is 3. The number of aliphatic hydroxyl groups is 3. The van der Waals surface area contributed by atoms with Gasteiger partial charge in [0.2, 0.25) is 6.29 Å². The zero-order valence-corrected chi connectivity index (χ0v) is 10.9. The van der Waals surface area contributed by atoms with Crippen molar-refractivity contribution in [3.8, 4) is 5.75 Å². The largest absolute Gasteiger partial charge is 0.547 e. The van der Waals surface area contributed by atoms with Crippen LogP contribution in [0.3, 0.4) is 0 Å². The number of aliphatic hydroxyl groups excluding tert-OH is 3. The number of aliphatic carboxylic acids is 1. The summed E-state index contributed by atoms with van der Waals surface area (Å²) < 4.78 is 9.99. The van der Waals surface area contributed by atoms with Gasteiger partial charge in [0, 0.05) is 12.1 Å². The molecule has 0 amide bonds. The smallest absolute Gasteiger partial charge is 0.269 e. The van der Waals surface area contributed by atoms with Crippen LogP contribution < -0.4 is 9.84 Å². The quantitative estimate of drug-likeness (QED) is 0.403. The molecule has 10 nitrogen and oxygen atoms in total. The zero-order chi connectivity index (χ0) is 16.4. The molecular weight excluding hydrogens is 302 g/mol. The van der Waals surface area contributed by atoms with Gasteiger partial charge < -0.3 is 34.7 Å². The molecule has 1 aromatic rings. The molecule has 0 radical (unpaired) electrons. The third-order valence-electron chi connectivity index (χ3n) is 3.10. The lowest BCUT2D eigenvalue weighted by atomic mass is 9.99. The van der Waals surface area contributed by atoms with Crippen molar-refractivity contribution in [1.82, 2.24) is 0 Å². The molecule has 10 heteroatoms. The fourth-order valence-electron chi connectivity index (χ4n) is 1.92. The van der Waals surface area contributed by atoms with Crippen molar-refractivity contribution < 1.29 is 39.6 Å². The summed E-state index contributed by atoms with van der Waals surface area (Å²) in [6.07, 6.45) is -8.90. The van der Waals surface area contributed by atoms with Crippen molar-refractivity contribution in [2.24, 2.45) is 0 Å². The summed E-state index contributed by atoms with van der Waals surface area (Å²) in [6, 6.07) is 4.68. The fourth-order valence-corrected chi connectivity index (χ4v) is 1.92. The van der Waals surface area contributed by atoms with Gasteiger partial charge in [0.15, 0.2) is 0 Å². The SMILES string of the molecule is O=C([O-])[C@@H]1O[C@@H](Oc2ccc([N+](=O)[O-])cc2)[C@H](O)[C@H](O)[C@@H]1O. The van der Waals surface area contributed by atoms with E-state index in [1.54, 1.807) is 0 Å². The van der Waals surface area contributed by atoms with Crippen LogP contribution in [0, 0.1) is 10.1 Å². The average molecular weight is 314 g/mol. The van der Waals surface area contributed by atoms with Crippen LogP contribution in [0.1, 0.15) is 0 Å². The number of hydrogen-bond acceptors (Lipinski definition) is 9. The molecule has 1 aliphatic rings. The second-order valence-electron chi connectivity index (χ2n) is 4.58. The van der Waals surface area contributed by atoms with E-state index in [9.17, 15) is 35.3 Å².